The van der Waals surface area contributed by atoms with Crippen LogP contribution in [0.25, 0.3) is 11.2 Å². The molecule has 0 amide bonds. The first-order valence-corrected chi connectivity index (χ1v) is 10.5. The molecule has 4 N–H and O–H groups in total. The van der Waals surface area contributed by atoms with E-state index < -0.39 is 17.4 Å². The van der Waals surface area contributed by atoms with E-state index in [1.807, 2.05) is 18.2 Å². The maximum Gasteiger partial charge on any atom is 0.329 e. The third-order valence-electron chi connectivity index (χ3n) is 5.19. The van der Waals surface area contributed by atoms with Crippen molar-refractivity contribution in [3.63, 3.8) is 0 Å². The van der Waals surface area contributed by atoms with Crippen LogP contribution in [0.3, 0.4) is 0 Å². The summed E-state index contributed by atoms with van der Waals surface area (Å²) in [6, 6.07) is 15.5. The lowest BCUT2D eigenvalue weighted by Crippen LogP contribution is -2.30. The lowest BCUT2D eigenvalue weighted by atomic mass is 10.1. The van der Waals surface area contributed by atoms with Crippen molar-refractivity contribution in [3.8, 4) is 11.5 Å². The van der Waals surface area contributed by atoms with E-state index in [0.717, 1.165) is 5.56 Å². The second-order valence-electron chi connectivity index (χ2n) is 7.67. The third kappa shape index (κ3) is 4.84. The van der Waals surface area contributed by atoms with E-state index in [-0.39, 0.29) is 36.0 Å². The van der Waals surface area contributed by atoms with Crippen LogP contribution in [0.5, 0.6) is 11.5 Å². The summed E-state index contributed by atoms with van der Waals surface area (Å²) in [4.78, 5) is 31.3. The number of imidazole rings is 1. The van der Waals surface area contributed by atoms with E-state index in [2.05, 4.69) is 20.5 Å². The summed E-state index contributed by atoms with van der Waals surface area (Å²) in [5.74, 6) is 0.904. The minimum atomic E-state index is -0.989. The second-order valence-corrected chi connectivity index (χ2v) is 7.67. The number of phenols is 1. The van der Waals surface area contributed by atoms with Crippen LogP contribution in [0.1, 0.15) is 12.5 Å². The van der Waals surface area contributed by atoms with Gasteiger partial charge in [-0.15, -0.1) is 0 Å². The van der Waals surface area contributed by atoms with Crippen molar-refractivity contribution in [1.82, 2.24) is 19.1 Å². The molecule has 1 atom stereocenters. The van der Waals surface area contributed by atoms with Crippen molar-refractivity contribution in [3.05, 3.63) is 81.0 Å². The van der Waals surface area contributed by atoms with Crippen molar-refractivity contribution < 1.29 is 14.9 Å². The number of aliphatic hydroxyl groups is 1. The number of hydrazone groups is 1. The smallest absolute Gasteiger partial charge is 0.329 e. The number of H-pyrrole nitrogens is 1. The van der Waals surface area contributed by atoms with Crippen molar-refractivity contribution in [2.75, 3.05) is 12.0 Å². The number of aliphatic hydroxyl groups excluding tert-OH is 1. The summed E-state index contributed by atoms with van der Waals surface area (Å²) >= 11 is 0. The van der Waals surface area contributed by atoms with Crippen LogP contribution in [0, 0.1) is 0 Å². The highest BCUT2D eigenvalue weighted by molar-refractivity contribution is 5.99. The van der Waals surface area contributed by atoms with Gasteiger partial charge < -0.3 is 19.5 Å². The van der Waals surface area contributed by atoms with Crippen LogP contribution >= 0.6 is 0 Å². The zero-order chi connectivity index (χ0) is 24.2. The number of aromatic hydroxyl groups is 1. The van der Waals surface area contributed by atoms with Gasteiger partial charge in [-0.2, -0.15) is 10.1 Å². The Balaban J connectivity index is 1.65. The SMILES string of the molecule is C/C(=N/Nc1nc2c(c(=O)[nH]c(=O)n2C)n1C[C@@H](O)COc1ccccc1)c1ccc(O)cc1. The van der Waals surface area contributed by atoms with Crippen molar-refractivity contribution in [1.29, 1.82) is 0 Å². The van der Waals surface area contributed by atoms with Gasteiger partial charge >= 0.3 is 5.69 Å². The molecule has 11 nitrogen and oxygen atoms in total. The quantitative estimate of drug-likeness (QED) is 0.228. The molecule has 0 saturated heterocycles. The fraction of sp³-hybridized carbons (Fsp3) is 0.217. The van der Waals surface area contributed by atoms with E-state index in [1.54, 1.807) is 43.3 Å². The van der Waals surface area contributed by atoms with Gasteiger partial charge in [0.2, 0.25) is 5.95 Å². The van der Waals surface area contributed by atoms with Gasteiger partial charge in [0, 0.05) is 7.05 Å². The number of aromatic nitrogens is 4. The van der Waals surface area contributed by atoms with Gasteiger partial charge in [-0.3, -0.25) is 14.3 Å². The molecule has 0 unspecified atom stereocenters. The van der Waals surface area contributed by atoms with Crippen LogP contribution < -0.4 is 21.4 Å². The number of rotatable bonds is 8. The van der Waals surface area contributed by atoms with Crippen LogP contribution in [0.2, 0.25) is 0 Å². The van der Waals surface area contributed by atoms with E-state index in [1.165, 1.54) is 16.2 Å². The molecule has 0 radical (unpaired) electrons. The highest BCUT2D eigenvalue weighted by Crippen LogP contribution is 2.18. The molecule has 2 aromatic carbocycles. The molecule has 4 aromatic rings. The molecule has 0 aliphatic heterocycles. The van der Waals surface area contributed by atoms with Crippen LogP contribution in [-0.2, 0) is 13.6 Å². The summed E-state index contributed by atoms with van der Waals surface area (Å²) in [5.41, 5.74) is 3.20. The molecule has 0 spiro atoms. The summed E-state index contributed by atoms with van der Waals surface area (Å²) in [7, 11) is 1.49. The van der Waals surface area contributed by atoms with E-state index in [4.69, 9.17) is 4.74 Å². The van der Waals surface area contributed by atoms with Crippen LogP contribution in [0.4, 0.5) is 5.95 Å². The van der Waals surface area contributed by atoms with Gasteiger partial charge in [0.05, 0.1) is 12.3 Å². The van der Waals surface area contributed by atoms with Gasteiger partial charge in [-0.05, 0) is 48.9 Å². The molecule has 0 fully saturated rings. The Labute approximate surface area is 193 Å². The highest BCUT2D eigenvalue weighted by atomic mass is 16.5. The predicted molar refractivity (Wildman–Crippen MR) is 127 cm³/mol. The maximum atomic E-state index is 12.6. The highest BCUT2D eigenvalue weighted by Gasteiger charge is 2.20. The van der Waals surface area contributed by atoms with Gasteiger partial charge in [-0.25, -0.2) is 10.2 Å². The lowest BCUT2D eigenvalue weighted by Gasteiger charge is -2.15. The Morgan fingerprint density at radius 2 is 1.88 bits per heavy atom. The second kappa shape index (κ2) is 9.63. The average molecular weight is 464 g/mol. The van der Waals surface area contributed by atoms with Crippen LogP contribution in [0.15, 0.2) is 69.3 Å². The molecule has 34 heavy (non-hydrogen) atoms. The average Bonchev–Trinajstić information content (AvgIpc) is 3.19. The monoisotopic (exact) mass is 464 g/mol. The molecular weight excluding hydrogens is 440 g/mol. The first kappa shape index (κ1) is 22.8. The molecular formula is C23H24N6O5. The van der Waals surface area contributed by atoms with Gasteiger partial charge in [0.1, 0.15) is 24.2 Å². The third-order valence-corrected chi connectivity index (χ3v) is 5.19. The van der Waals surface area contributed by atoms with Gasteiger partial charge in [-0.1, -0.05) is 18.2 Å². The first-order valence-electron chi connectivity index (χ1n) is 10.5. The minimum absolute atomic E-state index is 0.0252. The number of benzene rings is 2. The number of nitrogens with zero attached hydrogens (tertiary/aromatic N) is 4. The van der Waals surface area contributed by atoms with Crippen molar-refractivity contribution >= 4 is 22.8 Å². The first-order chi connectivity index (χ1) is 16.3. The number of aromatic amines is 1. The largest absolute Gasteiger partial charge is 0.508 e. The molecule has 0 aliphatic carbocycles. The molecule has 0 aliphatic rings. The zero-order valence-electron chi connectivity index (χ0n) is 18.6. The minimum Gasteiger partial charge on any atom is -0.508 e. The Bertz CT molecular complexity index is 1440. The topological polar surface area (TPSA) is 147 Å². The zero-order valence-corrected chi connectivity index (χ0v) is 18.6. The number of aryl methyl sites for hydroxylation is 1. The Kier molecular flexibility index (Phi) is 6.46. The van der Waals surface area contributed by atoms with Crippen LogP contribution in [-0.4, -0.2) is 47.7 Å². The van der Waals surface area contributed by atoms with E-state index in [0.29, 0.717) is 11.5 Å². The number of phenolic OH excluding ortho intramolecular Hbond substituents is 1. The number of hydrogen-bond acceptors (Lipinski definition) is 8. The standard InChI is InChI=1S/C23H24N6O5/c1-14(15-8-10-16(30)11-9-15)26-27-22-24-20-19(21(32)25-23(33)28(20)2)29(22)12-17(31)13-34-18-6-4-3-5-7-18/h3-11,17,30-31H,12-13H2,1-2H3,(H,24,27)(H,25,32,33)/b26-14-/t17-/m1/s1. The Morgan fingerprint density at radius 1 is 1.18 bits per heavy atom. The van der Waals surface area contributed by atoms with Gasteiger partial charge in [0.25, 0.3) is 5.56 Å². The van der Waals surface area contributed by atoms with Gasteiger partial charge in [0.15, 0.2) is 11.2 Å². The molecule has 2 aromatic heterocycles. The van der Waals surface area contributed by atoms with E-state index in [9.17, 15) is 19.8 Å². The number of para-hydroxylation sites is 1. The fourth-order valence-corrected chi connectivity index (χ4v) is 3.37. The van der Waals surface area contributed by atoms with Crippen molar-refractivity contribution in [2.24, 2.45) is 12.1 Å². The summed E-state index contributed by atoms with van der Waals surface area (Å²) in [5, 5.41) is 24.4. The summed E-state index contributed by atoms with van der Waals surface area (Å²) in [6.07, 6.45) is -0.989. The number of nitrogens with one attached hydrogen (secondary N) is 2. The number of hydrogen-bond donors (Lipinski definition) is 4. The number of ether oxygens (including phenoxy) is 1. The summed E-state index contributed by atoms with van der Waals surface area (Å²) < 4.78 is 8.28. The molecule has 176 valence electrons. The molecule has 11 heteroatoms. The number of fused-ring (bicyclic) bond motifs is 1. The Hall–Kier alpha value is -4.38. The molecule has 0 bridgehead atoms. The fourth-order valence-electron chi connectivity index (χ4n) is 3.37. The summed E-state index contributed by atoms with van der Waals surface area (Å²) in [6.45, 7) is 1.70. The predicted octanol–water partition coefficient (Wildman–Crippen LogP) is 1.40. The molecule has 2 heterocycles. The maximum absolute atomic E-state index is 12.6. The van der Waals surface area contributed by atoms with Crippen molar-refractivity contribution in [2.45, 2.75) is 19.6 Å². The number of anilines is 1. The molecule has 0 saturated carbocycles. The normalized spacial score (nSPS) is 12.6. The Morgan fingerprint density at radius 3 is 2.59 bits per heavy atom. The molecule has 4 rings (SSSR count). The van der Waals surface area contributed by atoms with E-state index >= 15 is 0 Å². The lowest BCUT2D eigenvalue weighted by molar-refractivity contribution is 0.0938.